The van der Waals surface area contributed by atoms with Crippen LogP contribution in [0.5, 0.6) is 0 Å². The van der Waals surface area contributed by atoms with Crippen molar-refractivity contribution in [3.63, 3.8) is 0 Å². The van der Waals surface area contributed by atoms with Crippen LogP contribution in [0.4, 0.5) is 4.79 Å². The highest BCUT2D eigenvalue weighted by molar-refractivity contribution is 5.82. The van der Waals surface area contributed by atoms with Gasteiger partial charge in [0, 0.05) is 6.54 Å². The fourth-order valence-corrected chi connectivity index (χ4v) is 1.54. The van der Waals surface area contributed by atoms with Crippen molar-refractivity contribution in [2.24, 2.45) is 4.99 Å². The SMILES string of the molecule is CC(C(=O)O)N(Cc1ccccc1)C(=O)NCN=C=O. The molecule has 2 amide bonds. The molecular weight excluding hydrogens is 262 g/mol. The molecule has 2 N–H and O–H groups in total. The van der Waals surface area contributed by atoms with Crippen molar-refractivity contribution >= 4 is 18.1 Å². The molecule has 0 aliphatic rings. The molecule has 20 heavy (non-hydrogen) atoms. The number of carbonyl (C=O) groups excluding carboxylic acids is 2. The van der Waals surface area contributed by atoms with E-state index < -0.39 is 18.0 Å². The van der Waals surface area contributed by atoms with Crippen molar-refractivity contribution in [3.8, 4) is 0 Å². The zero-order valence-corrected chi connectivity index (χ0v) is 10.9. The topological polar surface area (TPSA) is 99.1 Å². The molecule has 1 aromatic carbocycles. The quantitative estimate of drug-likeness (QED) is 0.597. The van der Waals surface area contributed by atoms with Crippen LogP contribution in [0.3, 0.4) is 0 Å². The molecule has 0 saturated heterocycles. The summed E-state index contributed by atoms with van der Waals surface area (Å²) in [5, 5.41) is 11.4. The van der Waals surface area contributed by atoms with E-state index in [1.54, 1.807) is 24.3 Å². The number of benzene rings is 1. The van der Waals surface area contributed by atoms with Crippen molar-refractivity contribution in [2.45, 2.75) is 19.5 Å². The fraction of sp³-hybridized carbons (Fsp3) is 0.308. The number of nitrogens with zero attached hydrogens (tertiary/aromatic N) is 2. The van der Waals surface area contributed by atoms with Crippen LogP contribution in [0, 0.1) is 0 Å². The molecule has 1 rings (SSSR count). The van der Waals surface area contributed by atoms with Gasteiger partial charge < -0.3 is 15.3 Å². The van der Waals surface area contributed by atoms with Gasteiger partial charge >= 0.3 is 12.0 Å². The van der Waals surface area contributed by atoms with Gasteiger partial charge in [-0.15, -0.1) is 0 Å². The summed E-state index contributed by atoms with van der Waals surface area (Å²) in [6.45, 7) is 1.32. The van der Waals surface area contributed by atoms with E-state index >= 15 is 0 Å². The molecule has 7 nitrogen and oxygen atoms in total. The van der Waals surface area contributed by atoms with Gasteiger partial charge in [-0.05, 0) is 12.5 Å². The summed E-state index contributed by atoms with van der Waals surface area (Å²) in [6.07, 6.45) is 1.29. The number of isocyanates is 1. The van der Waals surface area contributed by atoms with Crippen molar-refractivity contribution in [2.75, 3.05) is 6.67 Å². The molecule has 0 fully saturated rings. The van der Waals surface area contributed by atoms with E-state index in [9.17, 15) is 14.4 Å². The minimum atomic E-state index is -1.12. The second-order valence-corrected chi connectivity index (χ2v) is 4.02. The summed E-state index contributed by atoms with van der Waals surface area (Å²) in [6, 6.07) is 7.39. The molecule has 1 aromatic rings. The predicted molar refractivity (Wildman–Crippen MR) is 70.6 cm³/mol. The third-order valence-corrected chi connectivity index (χ3v) is 2.66. The molecule has 106 valence electrons. The average Bonchev–Trinajstić information content (AvgIpc) is 2.45. The second-order valence-electron chi connectivity index (χ2n) is 4.02. The van der Waals surface area contributed by atoms with E-state index in [1.807, 2.05) is 6.07 Å². The summed E-state index contributed by atoms with van der Waals surface area (Å²) >= 11 is 0. The van der Waals surface area contributed by atoms with Gasteiger partial charge in [-0.2, -0.15) is 4.99 Å². The Hall–Kier alpha value is -2.66. The maximum Gasteiger partial charge on any atom is 0.326 e. The van der Waals surface area contributed by atoms with E-state index in [0.717, 1.165) is 10.5 Å². The standard InChI is InChI=1S/C13H15N3O4/c1-10(12(18)19)16(13(20)15-8-14-9-17)7-11-5-3-2-4-6-11/h2-6,10H,7-8H2,1H3,(H,15,20)(H,18,19). The van der Waals surface area contributed by atoms with Crippen LogP contribution in [0.1, 0.15) is 12.5 Å². The van der Waals surface area contributed by atoms with Crippen molar-refractivity contribution in [1.29, 1.82) is 0 Å². The summed E-state index contributed by atoms with van der Waals surface area (Å²) in [4.78, 5) is 37.3. The van der Waals surface area contributed by atoms with Gasteiger partial charge in [-0.1, -0.05) is 30.3 Å². The van der Waals surface area contributed by atoms with Crippen LogP contribution >= 0.6 is 0 Å². The van der Waals surface area contributed by atoms with Crippen molar-refractivity contribution < 1.29 is 19.5 Å². The number of amides is 2. The lowest BCUT2D eigenvalue weighted by Gasteiger charge is -2.26. The first-order chi connectivity index (χ1) is 9.56. The first-order valence-corrected chi connectivity index (χ1v) is 5.91. The van der Waals surface area contributed by atoms with Gasteiger partial charge in [0.2, 0.25) is 6.08 Å². The highest BCUT2D eigenvalue weighted by Crippen LogP contribution is 2.09. The molecule has 0 bridgehead atoms. The Balaban J connectivity index is 2.82. The smallest absolute Gasteiger partial charge is 0.326 e. The Kier molecular flexibility index (Phi) is 5.93. The number of carboxylic acids is 1. The Morgan fingerprint density at radius 1 is 1.40 bits per heavy atom. The summed E-state index contributed by atoms with van der Waals surface area (Å²) < 4.78 is 0. The van der Waals surface area contributed by atoms with E-state index in [0.29, 0.717) is 0 Å². The lowest BCUT2D eigenvalue weighted by molar-refractivity contribution is -0.141. The third-order valence-electron chi connectivity index (χ3n) is 2.66. The van der Waals surface area contributed by atoms with Gasteiger partial charge in [0.15, 0.2) is 0 Å². The predicted octanol–water partition coefficient (Wildman–Crippen LogP) is 0.965. The normalized spacial score (nSPS) is 11.1. The molecule has 7 heteroatoms. The zero-order chi connectivity index (χ0) is 15.0. The Morgan fingerprint density at radius 3 is 2.60 bits per heavy atom. The summed E-state index contributed by atoms with van der Waals surface area (Å²) in [5.41, 5.74) is 0.801. The molecule has 0 spiro atoms. The highest BCUT2D eigenvalue weighted by atomic mass is 16.4. The third kappa shape index (κ3) is 4.55. The van der Waals surface area contributed by atoms with E-state index in [2.05, 4.69) is 10.3 Å². The number of carbonyl (C=O) groups is 2. The van der Waals surface area contributed by atoms with Gasteiger partial charge in [-0.3, -0.25) is 0 Å². The highest BCUT2D eigenvalue weighted by Gasteiger charge is 2.25. The van der Waals surface area contributed by atoms with Gasteiger partial charge in [0.1, 0.15) is 12.7 Å². The Bertz CT molecular complexity index is 512. The van der Waals surface area contributed by atoms with E-state index in [1.165, 1.54) is 13.0 Å². The van der Waals surface area contributed by atoms with Crippen molar-refractivity contribution in [1.82, 2.24) is 10.2 Å². The molecule has 0 saturated carbocycles. The second kappa shape index (κ2) is 7.70. The molecule has 0 aromatic heterocycles. The minimum Gasteiger partial charge on any atom is -0.480 e. The van der Waals surface area contributed by atoms with Crippen LogP contribution in [-0.4, -0.2) is 40.8 Å². The summed E-state index contributed by atoms with van der Waals surface area (Å²) in [7, 11) is 0. The first-order valence-electron chi connectivity index (χ1n) is 5.91. The van der Waals surface area contributed by atoms with Crippen LogP contribution in [-0.2, 0) is 16.1 Å². The minimum absolute atomic E-state index is 0.144. The number of urea groups is 1. The van der Waals surface area contributed by atoms with Crippen molar-refractivity contribution in [3.05, 3.63) is 35.9 Å². The molecular formula is C13H15N3O4. The molecule has 1 unspecified atom stereocenters. The number of rotatable bonds is 6. The Morgan fingerprint density at radius 2 is 2.05 bits per heavy atom. The summed E-state index contributed by atoms with van der Waals surface area (Å²) in [5.74, 6) is -1.12. The number of aliphatic carboxylic acids is 1. The Labute approximate surface area is 115 Å². The number of hydrogen-bond acceptors (Lipinski definition) is 4. The van der Waals surface area contributed by atoms with Gasteiger partial charge in [0.05, 0.1) is 0 Å². The van der Waals surface area contributed by atoms with E-state index in [4.69, 9.17) is 5.11 Å². The molecule has 1 atom stereocenters. The van der Waals surface area contributed by atoms with Crippen LogP contribution in [0.15, 0.2) is 35.3 Å². The molecule has 0 aliphatic heterocycles. The van der Waals surface area contributed by atoms with E-state index in [-0.39, 0.29) is 13.2 Å². The maximum atomic E-state index is 11.9. The van der Waals surface area contributed by atoms with Gasteiger partial charge in [-0.25, -0.2) is 14.4 Å². The molecule has 0 aliphatic carbocycles. The maximum absolute atomic E-state index is 11.9. The number of nitrogens with one attached hydrogen (secondary N) is 1. The van der Waals surface area contributed by atoms with Crippen LogP contribution < -0.4 is 5.32 Å². The lowest BCUT2D eigenvalue weighted by atomic mass is 10.2. The average molecular weight is 277 g/mol. The number of aliphatic imine (C=N–C) groups is 1. The van der Waals surface area contributed by atoms with Crippen LogP contribution in [0.25, 0.3) is 0 Å². The molecule has 0 heterocycles. The van der Waals surface area contributed by atoms with Gasteiger partial charge in [0.25, 0.3) is 0 Å². The largest absolute Gasteiger partial charge is 0.480 e. The lowest BCUT2D eigenvalue weighted by Crippen LogP contribution is -2.47. The zero-order valence-electron chi connectivity index (χ0n) is 10.9. The first kappa shape index (κ1) is 15.4. The number of carboxylic acid groups (broad SMARTS) is 1. The number of hydrogen-bond donors (Lipinski definition) is 2. The monoisotopic (exact) mass is 277 g/mol. The molecule has 0 radical (unpaired) electrons. The van der Waals surface area contributed by atoms with Crippen LogP contribution in [0.2, 0.25) is 0 Å². The fourth-order valence-electron chi connectivity index (χ4n) is 1.54.